The minimum absolute atomic E-state index is 0.0486. The fourth-order valence-electron chi connectivity index (χ4n) is 0.806. The first-order valence-electron chi connectivity index (χ1n) is 3.16. The van der Waals surface area contributed by atoms with Crippen LogP contribution in [0.3, 0.4) is 0 Å². The molecule has 60 valence electrons. The number of carbonyl (C=O) groups is 2. The highest BCUT2D eigenvalue weighted by Gasteiger charge is 2.28. The van der Waals surface area contributed by atoms with Crippen LogP contribution in [0.5, 0.6) is 0 Å². The number of nitrogens with one attached hydrogen (secondary N) is 1. The number of amides is 1. The molecule has 0 bridgehead atoms. The number of carboxylic acids is 1. The lowest BCUT2D eigenvalue weighted by Crippen LogP contribution is -2.43. The molecular weight excluding hydrogens is 148 g/mol. The standard InChI is InChI=1S/C6H8N2O3/c1-3-7-2-4(6(10)11)5(9)8-3/h4H,2H2,1H3,(H,10,11)(H,7,8,9). The lowest BCUT2D eigenvalue weighted by molar-refractivity contribution is -0.146. The van der Waals surface area contributed by atoms with Gasteiger partial charge in [0.25, 0.3) is 0 Å². The van der Waals surface area contributed by atoms with E-state index in [4.69, 9.17) is 5.11 Å². The van der Waals surface area contributed by atoms with Crippen molar-refractivity contribution in [3.63, 3.8) is 0 Å². The van der Waals surface area contributed by atoms with Crippen LogP contribution in [0.25, 0.3) is 0 Å². The van der Waals surface area contributed by atoms with Gasteiger partial charge in [0.05, 0.1) is 12.4 Å². The number of aliphatic imine (C=N–C) groups is 1. The van der Waals surface area contributed by atoms with Crippen molar-refractivity contribution in [2.75, 3.05) is 6.54 Å². The first-order chi connectivity index (χ1) is 5.11. The molecule has 0 aromatic carbocycles. The zero-order valence-corrected chi connectivity index (χ0v) is 6.00. The molecule has 2 N–H and O–H groups in total. The molecule has 0 saturated heterocycles. The maximum absolute atomic E-state index is 10.9. The lowest BCUT2D eigenvalue weighted by Gasteiger charge is -2.15. The SMILES string of the molecule is CC1=NCC(C(=O)O)C(=O)N1. The summed E-state index contributed by atoms with van der Waals surface area (Å²) in [6, 6.07) is 0. The molecule has 1 atom stereocenters. The van der Waals surface area contributed by atoms with Crippen molar-refractivity contribution in [2.24, 2.45) is 10.9 Å². The number of hydrogen-bond donors (Lipinski definition) is 2. The van der Waals surface area contributed by atoms with Crippen LogP contribution in [0.15, 0.2) is 4.99 Å². The minimum Gasteiger partial charge on any atom is -0.481 e. The van der Waals surface area contributed by atoms with E-state index in [1.54, 1.807) is 6.92 Å². The highest BCUT2D eigenvalue weighted by Crippen LogP contribution is 2.02. The molecule has 0 saturated carbocycles. The van der Waals surface area contributed by atoms with Gasteiger partial charge in [0, 0.05) is 0 Å². The summed E-state index contributed by atoms with van der Waals surface area (Å²) in [7, 11) is 0. The van der Waals surface area contributed by atoms with Gasteiger partial charge in [-0.25, -0.2) is 0 Å². The van der Waals surface area contributed by atoms with Crippen molar-refractivity contribution in [2.45, 2.75) is 6.92 Å². The minimum atomic E-state index is -1.13. The second kappa shape index (κ2) is 2.69. The molecule has 1 heterocycles. The monoisotopic (exact) mass is 156 g/mol. The van der Waals surface area contributed by atoms with Gasteiger partial charge in [-0.2, -0.15) is 0 Å². The quantitative estimate of drug-likeness (QED) is 0.489. The fraction of sp³-hybridized carbons (Fsp3) is 0.500. The van der Waals surface area contributed by atoms with Gasteiger partial charge in [0.15, 0.2) is 5.92 Å². The highest BCUT2D eigenvalue weighted by molar-refractivity contribution is 6.07. The van der Waals surface area contributed by atoms with Crippen molar-refractivity contribution < 1.29 is 14.7 Å². The molecule has 0 spiro atoms. The lowest BCUT2D eigenvalue weighted by atomic mass is 10.1. The molecule has 1 amide bonds. The summed E-state index contributed by atoms with van der Waals surface area (Å²) in [5.74, 6) is -2.14. The van der Waals surface area contributed by atoms with Crippen LogP contribution in [0.1, 0.15) is 6.92 Å². The molecule has 5 heteroatoms. The van der Waals surface area contributed by atoms with E-state index in [0.29, 0.717) is 5.84 Å². The van der Waals surface area contributed by atoms with Crippen LogP contribution in [-0.2, 0) is 9.59 Å². The molecule has 0 radical (unpaired) electrons. The van der Waals surface area contributed by atoms with Crippen LogP contribution in [-0.4, -0.2) is 29.4 Å². The predicted molar refractivity (Wildman–Crippen MR) is 37.2 cm³/mol. The Morgan fingerprint density at radius 2 is 2.45 bits per heavy atom. The Bertz CT molecular complexity index is 234. The molecule has 11 heavy (non-hydrogen) atoms. The number of aliphatic carboxylic acids is 1. The molecular formula is C6H8N2O3. The molecule has 5 nitrogen and oxygen atoms in total. The Morgan fingerprint density at radius 1 is 1.82 bits per heavy atom. The first-order valence-corrected chi connectivity index (χ1v) is 3.16. The summed E-state index contributed by atoms with van der Waals surface area (Å²) in [4.78, 5) is 25.0. The number of rotatable bonds is 1. The maximum atomic E-state index is 10.9. The Hall–Kier alpha value is -1.39. The smallest absolute Gasteiger partial charge is 0.317 e. The number of nitrogens with zero attached hydrogens (tertiary/aromatic N) is 1. The molecule has 1 aliphatic heterocycles. The van der Waals surface area contributed by atoms with Gasteiger partial charge in [-0.1, -0.05) is 0 Å². The van der Waals surface area contributed by atoms with Gasteiger partial charge in [0.2, 0.25) is 5.91 Å². The fourth-order valence-corrected chi connectivity index (χ4v) is 0.806. The molecule has 0 aromatic rings. The first kappa shape index (κ1) is 7.71. The Morgan fingerprint density at radius 3 is 2.91 bits per heavy atom. The summed E-state index contributed by atoms with van der Waals surface area (Å²) in [5.41, 5.74) is 0. The maximum Gasteiger partial charge on any atom is 0.317 e. The summed E-state index contributed by atoms with van der Waals surface area (Å²) in [6.07, 6.45) is 0. The average molecular weight is 156 g/mol. The van der Waals surface area contributed by atoms with Crippen LogP contribution in [0.2, 0.25) is 0 Å². The third-order valence-electron chi connectivity index (χ3n) is 1.43. The van der Waals surface area contributed by atoms with E-state index >= 15 is 0 Å². The number of amidine groups is 1. The average Bonchev–Trinajstić information content (AvgIpc) is 1.85. The van der Waals surface area contributed by atoms with Gasteiger partial charge in [0.1, 0.15) is 0 Å². The van der Waals surface area contributed by atoms with Gasteiger partial charge < -0.3 is 10.4 Å². The van der Waals surface area contributed by atoms with Gasteiger partial charge in [-0.3, -0.25) is 14.6 Å². The van der Waals surface area contributed by atoms with Crippen LogP contribution in [0.4, 0.5) is 0 Å². The third kappa shape index (κ3) is 1.54. The third-order valence-corrected chi connectivity index (χ3v) is 1.43. The van der Waals surface area contributed by atoms with E-state index in [0.717, 1.165) is 0 Å². The molecule has 1 rings (SSSR count). The van der Waals surface area contributed by atoms with E-state index in [-0.39, 0.29) is 6.54 Å². The van der Waals surface area contributed by atoms with Gasteiger partial charge in [-0.05, 0) is 6.92 Å². The predicted octanol–water partition coefficient (Wildman–Crippen LogP) is -0.765. The second-order valence-corrected chi connectivity index (χ2v) is 2.31. The molecule has 1 unspecified atom stereocenters. The Balaban J connectivity index is 2.74. The van der Waals surface area contributed by atoms with E-state index in [2.05, 4.69) is 10.3 Å². The zero-order valence-electron chi connectivity index (χ0n) is 6.00. The van der Waals surface area contributed by atoms with E-state index in [1.807, 2.05) is 0 Å². The normalized spacial score (nSPS) is 23.9. The van der Waals surface area contributed by atoms with Crippen molar-refractivity contribution in [1.82, 2.24) is 5.32 Å². The number of carboxylic acid groups (broad SMARTS) is 1. The van der Waals surface area contributed by atoms with Crippen LogP contribution >= 0.6 is 0 Å². The van der Waals surface area contributed by atoms with E-state index in [1.165, 1.54) is 0 Å². The van der Waals surface area contributed by atoms with Crippen molar-refractivity contribution in [3.05, 3.63) is 0 Å². The van der Waals surface area contributed by atoms with Gasteiger partial charge in [-0.15, -0.1) is 0 Å². The zero-order chi connectivity index (χ0) is 8.43. The molecule has 0 fully saturated rings. The second-order valence-electron chi connectivity index (χ2n) is 2.31. The van der Waals surface area contributed by atoms with Crippen molar-refractivity contribution in [3.8, 4) is 0 Å². The summed E-state index contributed by atoms with van der Waals surface area (Å²) in [6.45, 7) is 1.67. The van der Waals surface area contributed by atoms with Crippen LogP contribution < -0.4 is 5.32 Å². The van der Waals surface area contributed by atoms with Crippen molar-refractivity contribution >= 4 is 17.7 Å². The topological polar surface area (TPSA) is 78.8 Å². The molecule has 0 aromatic heterocycles. The Kier molecular flexibility index (Phi) is 1.89. The van der Waals surface area contributed by atoms with Crippen molar-refractivity contribution in [1.29, 1.82) is 0 Å². The number of carbonyl (C=O) groups excluding carboxylic acids is 1. The molecule has 0 aliphatic carbocycles. The highest BCUT2D eigenvalue weighted by atomic mass is 16.4. The largest absolute Gasteiger partial charge is 0.481 e. The van der Waals surface area contributed by atoms with E-state index < -0.39 is 17.8 Å². The number of hydrogen-bond acceptors (Lipinski definition) is 3. The summed E-state index contributed by atoms with van der Waals surface area (Å²) in [5, 5.41) is 10.8. The summed E-state index contributed by atoms with van der Waals surface area (Å²) >= 11 is 0. The van der Waals surface area contributed by atoms with Crippen LogP contribution in [0, 0.1) is 5.92 Å². The molecule has 1 aliphatic rings. The summed E-state index contributed by atoms with van der Waals surface area (Å²) < 4.78 is 0. The van der Waals surface area contributed by atoms with E-state index in [9.17, 15) is 9.59 Å². The Labute approximate surface area is 63.1 Å². The van der Waals surface area contributed by atoms with Gasteiger partial charge >= 0.3 is 5.97 Å².